The molecule has 22 heavy (non-hydrogen) atoms. The van der Waals surface area contributed by atoms with E-state index in [1.165, 1.54) is 28.3 Å². The fourth-order valence-corrected chi connectivity index (χ4v) is 3.47. The topological polar surface area (TPSA) is 44.3 Å². The molecule has 3 N–H and O–H groups in total. The molecule has 0 radical (unpaired) electrons. The number of anilines is 2. The lowest BCUT2D eigenvalue weighted by atomic mass is 9.96. The Kier molecular flexibility index (Phi) is 3.66. The van der Waals surface area contributed by atoms with E-state index in [0.717, 1.165) is 11.4 Å². The molecule has 2 aromatic carbocycles. The van der Waals surface area contributed by atoms with E-state index in [2.05, 4.69) is 38.3 Å². The Morgan fingerprint density at radius 2 is 1.36 bits per heavy atom. The highest BCUT2D eigenvalue weighted by Crippen LogP contribution is 2.45. The van der Waals surface area contributed by atoms with E-state index in [4.69, 9.17) is 23.2 Å². The smallest absolute Gasteiger partial charge is 0.141 e. The van der Waals surface area contributed by atoms with Gasteiger partial charge >= 0.3 is 0 Å². The summed E-state index contributed by atoms with van der Waals surface area (Å²) in [6.45, 7) is 8.45. The predicted octanol–water partition coefficient (Wildman–Crippen LogP) is 5.47. The number of halogens is 2. The summed E-state index contributed by atoms with van der Waals surface area (Å²) in [6.07, 6.45) is -0.259. The molecule has 0 atom stereocenters. The largest absolute Gasteiger partial charge is 0.506 e. The Bertz CT molecular complexity index is 750. The van der Waals surface area contributed by atoms with E-state index in [1.54, 1.807) is 6.07 Å². The van der Waals surface area contributed by atoms with Crippen LogP contribution in [0, 0.1) is 27.7 Å². The van der Waals surface area contributed by atoms with Crippen molar-refractivity contribution in [2.24, 2.45) is 0 Å². The first-order valence-corrected chi connectivity index (χ1v) is 7.88. The third-order valence-corrected chi connectivity index (χ3v) is 5.14. The molecule has 3 nitrogen and oxygen atoms in total. The predicted molar refractivity (Wildman–Crippen MR) is 93.5 cm³/mol. The van der Waals surface area contributed by atoms with Gasteiger partial charge in [-0.2, -0.15) is 0 Å². The maximum atomic E-state index is 10.2. The van der Waals surface area contributed by atoms with Crippen molar-refractivity contribution < 1.29 is 5.11 Å². The molecular weight excluding hydrogens is 319 g/mol. The van der Waals surface area contributed by atoms with Crippen molar-refractivity contribution >= 4 is 34.6 Å². The molecule has 116 valence electrons. The number of aromatic hydroxyl groups is 1. The Morgan fingerprint density at radius 1 is 0.864 bits per heavy atom. The molecule has 1 aliphatic heterocycles. The SMILES string of the molecule is Cc1c(C)c(C)c2c(c1C)NC(c1cc(Cl)cc(Cl)c1O)N2. The van der Waals surface area contributed by atoms with E-state index in [-0.39, 0.29) is 16.9 Å². The standard InChI is InChI=1S/C17H18Cl2N2O/c1-7-8(2)10(4)15-14(9(7)3)20-17(21-15)12-5-11(18)6-13(19)16(12)22/h5-6,17,20-22H,1-4H3. The number of phenols is 1. The van der Waals surface area contributed by atoms with Crippen LogP contribution in [0.2, 0.25) is 10.0 Å². The summed E-state index contributed by atoms with van der Waals surface area (Å²) in [5.74, 6) is 0.0487. The van der Waals surface area contributed by atoms with Crippen LogP contribution in [0.15, 0.2) is 12.1 Å². The van der Waals surface area contributed by atoms with Gasteiger partial charge < -0.3 is 15.7 Å². The zero-order valence-corrected chi connectivity index (χ0v) is 14.4. The number of nitrogens with one attached hydrogen (secondary N) is 2. The highest BCUT2D eigenvalue weighted by molar-refractivity contribution is 6.35. The zero-order valence-electron chi connectivity index (χ0n) is 12.9. The van der Waals surface area contributed by atoms with Crippen LogP contribution >= 0.6 is 23.2 Å². The highest BCUT2D eigenvalue weighted by Gasteiger charge is 2.28. The molecule has 1 aliphatic rings. The average Bonchev–Trinajstić information content (AvgIpc) is 2.91. The maximum absolute atomic E-state index is 10.2. The number of benzene rings is 2. The molecule has 1 heterocycles. The van der Waals surface area contributed by atoms with Crippen LogP contribution in [0.5, 0.6) is 5.75 Å². The van der Waals surface area contributed by atoms with Crippen LogP contribution in [0.4, 0.5) is 11.4 Å². The number of phenolic OH excluding ortho intramolecular Hbond substituents is 1. The van der Waals surface area contributed by atoms with Gasteiger partial charge in [0.05, 0.1) is 16.4 Å². The van der Waals surface area contributed by atoms with Crippen molar-refractivity contribution in [2.45, 2.75) is 33.9 Å². The number of hydrogen-bond acceptors (Lipinski definition) is 3. The second-order valence-electron chi connectivity index (χ2n) is 5.80. The van der Waals surface area contributed by atoms with Gasteiger partial charge in [-0.25, -0.2) is 0 Å². The van der Waals surface area contributed by atoms with Crippen molar-refractivity contribution in [3.05, 3.63) is 50.0 Å². The minimum atomic E-state index is -0.259. The van der Waals surface area contributed by atoms with Gasteiger partial charge in [-0.1, -0.05) is 23.2 Å². The van der Waals surface area contributed by atoms with Crippen molar-refractivity contribution in [3.63, 3.8) is 0 Å². The molecule has 5 heteroatoms. The summed E-state index contributed by atoms with van der Waals surface area (Å²) in [6, 6.07) is 3.26. The third kappa shape index (κ3) is 2.20. The van der Waals surface area contributed by atoms with E-state index in [9.17, 15) is 5.11 Å². The molecule has 0 unspecified atom stereocenters. The summed E-state index contributed by atoms with van der Waals surface area (Å²) in [5, 5.41) is 17.9. The lowest BCUT2D eigenvalue weighted by Gasteiger charge is -2.16. The molecule has 0 bridgehead atoms. The van der Waals surface area contributed by atoms with Crippen LogP contribution in [0.3, 0.4) is 0 Å². The number of fused-ring (bicyclic) bond motifs is 1. The van der Waals surface area contributed by atoms with E-state index < -0.39 is 0 Å². The third-order valence-electron chi connectivity index (χ3n) is 4.63. The van der Waals surface area contributed by atoms with Gasteiger partial charge in [0, 0.05) is 10.6 Å². The summed E-state index contributed by atoms with van der Waals surface area (Å²) in [7, 11) is 0. The summed E-state index contributed by atoms with van der Waals surface area (Å²) >= 11 is 12.1. The molecule has 0 saturated carbocycles. The van der Waals surface area contributed by atoms with Crippen molar-refractivity contribution in [1.82, 2.24) is 0 Å². The minimum absolute atomic E-state index is 0.0487. The van der Waals surface area contributed by atoms with Crippen molar-refractivity contribution in [2.75, 3.05) is 10.6 Å². The summed E-state index contributed by atoms with van der Waals surface area (Å²) in [5.41, 5.74) is 7.76. The van der Waals surface area contributed by atoms with Crippen LogP contribution in [0.25, 0.3) is 0 Å². The Morgan fingerprint density at radius 3 is 1.86 bits per heavy atom. The molecule has 0 aliphatic carbocycles. The minimum Gasteiger partial charge on any atom is -0.506 e. The maximum Gasteiger partial charge on any atom is 0.141 e. The van der Waals surface area contributed by atoms with Crippen LogP contribution in [0.1, 0.15) is 34.0 Å². The van der Waals surface area contributed by atoms with Gasteiger partial charge in [0.25, 0.3) is 0 Å². The fraction of sp³-hybridized carbons (Fsp3) is 0.294. The molecule has 0 aromatic heterocycles. The Balaban J connectivity index is 2.10. The second kappa shape index (κ2) is 5.25. The molecule has 0 amide bonds. The zero-order chi connectivity index (χ0) is 16.2. The molecule has 0 fully saturated rings. The van der Waals surface area contributed by atoms with Gasteiger partial charge in [-0.15, -0.1) is 0 Å². The highest BCUT2D eigenvalue weighted by atomic mass is 35.5. The van der Waals surface area contributed by atoms with Gasteiger partial charge in [-0.05, 0) is 62.1 Å². The van der Waals surface area contributed by atoms with Gasteiger partial charge in [0.1, 0.15) is 11.9 Å². The molecule has 3 rings (SSSR count). The monoisotopic (exact) mass is 336 g/mol. The summed E-state index contributed by atoms with van der Waals surface area (Å²) in [4.78, 5) is 0. The first-order chi connectivity index (χ1) is 10.3. The fourth-order valence-electron chi connectivity index (χ4n) is 2.96. The van der Waals surface area contributed by atoms with Gasteiger partial charge in [0.2, 0.25) is 0 Å². The first kappa shape index (κ1) is 15.3. The lowest BCUT2D eigenvalue weighted by Crippen LogP contribution is -2.12. The van der Waals surface area contributed by atoms with E-state index in [0.29, 0.717) is 10.6 Å². The quantitative estimate of drug-likeness (QED) is 0.647. The van der Waals surface area contributed by atoms with Crippen LogP contribution in [-0.2, 0) is 0 Å². The molecule has 0 spiro atoms. The van der Waals surface area contributed by atoms with Gasteiger partial charge in [-0.3, -0.25) is 0 Å². The first-order valence-electron chi connectivity index (χ1n) is 7.12. The Hall–Kier alpha value is -1.58. The number of rotatable bonds is 1. The lowest BCUT2D eigenvalue weighted by molar-refractivity contribution is 0.466. The Labute approximate surface area is 140 Å². The van der Waals surface area contributed by atoms with Crippen LogP contribution in [-0.4, -0.2) is 5.11 Å². The average molecular weight is 337 g/mol. The molecule has 2 aromatic rings. The summed E-state index contributed by atoms with van der Waals surface area (Å²) < 4.78 is 0. The molecular formula is C17H18Cl2N2O. The van der Waals surface area contributed by atoms with Crippen molar-refractivity contribution in [3.8, 4) is 5.75 Å². The second-order valence-corrected chi connectivity index (χ2v) is 6.64. The number of hydrogen-bond donors (Lipinski definition) is 3. The van der Waals surface area contributed by atoms with Gasteiger partial charge in [0.15, 0.2) is 0 Å². The van der Waals surface area contributed by atoms with E-state index >= 15 is 0 Å². The normalized spacial score (nSPS) is 13.7. The molecule has 0 saturated heterocycles. The van der Waals surface area contributed by atoms with Crippen LogP contribution < -0.4 is 10.6 Å². The van der Waals surface area contributed by atoms with E-state index in [1.807, 2.05) is 0 Å². The van der Waals surface area contributed by atoms with Crippen molar-refractivity contribution in [1.29, 1.82) is 0 Å².